The molecule has 0 bridgehead atoms. The molecule has 0 N–H and O–H groups in total. The number of hydrogen-bond donors (Lipinski definition) is 0. The Bertz CT molecular complexity index is 730. The fraction of sp³-hybridized carbons (Fsp3) is 0.862. The average molecular weight is 522 g/mol. The van der Waals surface area contributed by atoms with Crippen LogP contribution in [0.4, 0.5) is 0 Å². The van der Waals surface area contributed by atoms with Gasteiger partial charge in [-0.15, -0.1) is 0 Å². The molecule has 4 unspecified atom stereocenters. The molecule has 0 spiro atoms. The van der Waals surface area contributed by atoms with E-state index in [9.17, 15) is 9.59 Å². The predicted octanol–water partition coefficient (Wildman–Crippen LogP) is 7.80. The van der Waals surface area contributed by atoms with E-state index in [1.165, 1.54) is 76.2 Å². The molecule has 4 rings (SSSR count). The van der Waals surface area contributed by atoms with Crippen molar-refractivity contribution in [3.8, 4) is 0 Å². The van der Waals surface area contributed by atoms with Crippen LogP contribution in [0.25, 0.3) is 0 Å². The van der Waals surface area contributed by atoms with E-state index in [1.54, 1.807) is 6.92 Å². The molecule has 3 fully saturated rings. The summed E-state index contributed by atoms with van der Waals surface area (Å²) in [5, 5.41) is 1.13. The molecular formula is C29H45BrO3. The highest BCUT2D eigenvalue weighted by molar-refractivity contribution is 9.09. The second kappa shape index (κ2) is 11.4. The van der Waals surface area contributed by atoms with E-state index < -0.39 is 0 Å². The molecule has 0 saturated heterocycles. The van der Waals surface area contributed by atoms with Crippen molar-refractivity contribution in [1.29, 1.82) is 0 Å². The summed E-state index contributed by atoms with van der Waals surface area (Å²) in [6.45, 7) is 4.00. The van der Waals surface area contributed by atoms with E-state index >= 15 is 0 Å². The van der Waals surface area contributed by atoms with Gasteiger partial charge >= 0.3 is 5.97 Å². The van der Waals surface area contributed by atoms with Gasteiger partial charge in [-0.1, -0.05) is 67.0 Å². The number of ketones is 1. The highest BCUT2D eigenvalue weighted by Gasteiger charge is 2.59. The molecule has 0 aromatic carbocycles. The van der Waals surface area contributed by atoms with Crippen LogP contribution in [0.3, 0.4) is 0 Å². The summed E-state index contributed by atoms with van der Waals surface area (Å²) in [6.07, 6.45) is 20.5. The van der Waals surface area contributed by atoms with Crippen LogP contribution in [0.2, 0.25) is 0 Å². The Kier molecular flexibility index (Phi) is 8.79. The third-order valence-corrected chi connectivity index (χ3v) is 10.5. The van der Waals surface area contributed by atoms with Gasteiger partial charge in [-0.2, -0.15) is 0 Å². The lowest BCUT2D eigenvalue weighted by Crippen LogP contribution is -2.51. The second-order valence-corrected chi connectivity index (χ2v) is 12.6. The maximum absolute atomic E-state index is 12.2. The monoisotopic (exact) mass is 520 g/mol. The van der Waals surface area contributed by atoms with Crippen molar-refractivity contribution >= 4 is 27.7 Å². The minimum Gasteiger partial charge on any atom is -0.462 e. The van der Waals surface area contributed by atoms with Crippen molar-refractivity contribution in [1.82, 2.24) is 0 Å². The first-order valence-electron chi connectivity index (χ1n) is 13.9. The average Bonchev–Trinajstić information content (AvgIpc) is 3.10. The molecule has 7 atom stereocenters. The minimum atomic E-state index is -0.115. The van der Waals surface area contributed by atoms with Crippen molar-refractivity contribution in [3.63, 3.8) is 0 Å². The molecule has 4 aliphatic rings. The Morgan fingerprint density at radius 1 is 1.06 bits per heavy atom. The third kappa shape index (κ3) is 5.62. The molecule has 0 amide bonds. The van der Waals surface area contributed by atoms with Crippen LogP contribution in [-0.2, 0) is 14.3 Å². The molecule has 0 heterocycles. The third-order valence-electron chi connectivity index (χ3n) is 9.90. The van der Waals surface area contributed by atoms with Gasteiger partial charge in [0.15, 0.2) is 5.78 Å². The van der Waals surface area contributed by atoms with Crippen LogP contribution in [-0.4, -0.2) is 23.2 Å². The summed E-state index contributed by atoms with van der Waals surface area (Å²) in [7, 11) is 0. The minimum absolute atomic E-state index is 0.103. The molecule has 0 aromatic heterocycles. The Balaban J connectivity index is 1.44. The lowest BCUT2D eigenvalue weighted by atomic mass is 9.49. The van der Waals surface area contributed by atoms with E-state index in [0.717, 1.165) is 42.8 Å². The first kappa shape index (κ1) is 25.5. The first-order valence-corrected chi connectivity index (χ1v) is 15.0. The zero-order valence-electron chi connectivity index (χ0n) is 21.0. The van der Waals surface area contributed by atoms with Crippen LogP contribution >= 0.6 is 15.9 Å². The number of hydrogen-bond acceptors (Lipinski definition) is 3. The van der Waals surface area contributed by atoms with Crippen molar-refractivity contribution in [3.05, 3.63) is 11.6 Å². The van der Waals surface area contributed by atoms with Gasteiger partial charge in [0.05, 0.1) is 0 Å². The zero-order valence-corrected chi connectivity index (χ0v) is 22.5. The van der Waals surface area contributed by atoms with Crippen LogP contribution in [0.15, 0.2) is 11.6 Å². The molecular weight excluding hydrogens is 476 g/mol. The largest absolute Gasteiger partial charge is 0.462 e. The van der Waals surface area contributed by atoms with Crippen molar-refractivity contribution in [2.75, 3.05) is 5.33 Å². The van der Waals surface area contributed by atoms with E-state index in [1.807, 2.05) is 6.08 Å². The number of allylic oxidation sites excluding steroid dienone is 1. The number of halogens is 1. The van der Waals surface area contributed by atoms with E-state index in [0.29, 0.717) is 23.5 Å². The molecule has 186 valence electrons. The molecule has 3 nitrogen and oxygen atoms in total. The number of fused-ring (bicyclic) bond motifs is 5. The molecule has 4 heteroatoms. The summed E-state index contributed by atoms with van der Waals surface area (Å²) in [6, 6.07) is 0. The number of ether oxygens (including phenoxy) is 1. The number of rotatable bonds is 10. The smallest absolute Gasteiger partial charge is 0.302 e. The van der Waals surface area contributed by atoms with Gasteiger partial charge < -0.3 is 4.74 Å². The van der Waals surface area contributed by atoms with E-state index in [4.69, 9.17) is 4.74 Å². The number of alkyl halides is 1. The lowest BCUT2D eigenvalue weighted by Gasteiger charge is -2.56. The second-order valence-electron chi connectivity index (χ2n) is 11.8. The van der Waals surface area contributed by atoms with Gasteiger partial charge in [0.25, 0.3) is 0 Å². The summed E-state index contributed by atoms with van der Waals surface area (Å²) in [5.41, 5.74) is 1.64. The molecule has 0 aliphatic heterocycles. The van der Waals surface area contributed by atoms with Gasteiger partial charge in [0.1, 0.15) is 6.10 Å². The van der Waals surface area contributed by atoms with Crippen molar-refractivity contribution in [2.45, 2.75) is 116 Å². The fourth-order valence-corrected chi connectivity index (χ4v) is 8.80. The van der Waals surface area contributed by atoms with Crippen LogP contribution in [0, 0.1) is 35.0 Å². The van der Waals surface area contributed by atoms with Crippen molar-refractivity contribution < 1.29 is 14.3 Å². The summed E-state index contributed by atoms with van der Waals surface area (Å²) < 4.78 is 5.87. The normalized spacial score (nSPS) is 37.7. The highest BCUT2D eigenvalue weighted by atomic mass is 79.9. The number of unbranched alkanes of at least 4 members (excludes halogenated alkanes) is 6. The number of carbonyl (C=O) groups is 2. The summed E-state index contributed by atoms with van der Waals surface area (Å²) in [4.78, 5) is 24.0. The van der Waals surface area contributed by atoms with Gasteiger partial charge in [0.2, 0.25) is 0 Å². The van der Waals surface area contributed by atoms with Gasteiger partial charge in [-0.25, -0.2) is 0 Å². The lowest BCUT2D eigenvalue weighted by molar-refractivity contribution is -0.157. The van der Waals surface area contributed by atoms with Crippen molar-refractivity contribution in [2.24, 2.45) is 35.0 Å². The van der Waals surface area contributed by atoms with Crippen LogP contribution in [0.1, 0.15) is 110 Å². The number of carbonyl (C=O) groups excluding carboxylic acids is 2. The fourth-order valence-electron chi connectivity index (χ4n) is 8.40. The first-order chi connectivity index (χ1) is 15.9. The molecule has 4 aliphatic carbocycles. The summed E-state index contributed by atoms with van der Waals surface area (Å²) in [5.74, 6) is 3.75. The van der Waals surface area contributed by atoms with E-state index in [2.05, 4.69) is 22.9 Å². The highest BCUT2D eigenvalue weighted by Crippen LogP contribution is 2.64. The Morgan fingerprint density at radius 3 is 2.52 bits per heavy atom. The predicted molar refractivity (Wildman–Crippen MR) is 137 cm³/mol. The summed E-state index contributed by atoms with van der Waals surface area (Å²) >= 11 is 3.53. The topological polar surface area (TPSA) is 43.4 Å². The van der Waals surface area contributed by atoms with Gasteiger partial charge in [-0.3, -0.25) is 9.59 Å². The molecule has 3 saturated carbocycles. The van der Waals surface area contributed by atoms with Crippen LogP contribution in [0.5, 0.6) is 0 Å². The Labute approximate surface area is 210 Å². The Morgan fingerprint density at radius 2 is 1.79 bits per heavy atom. The Hall–Kier alpha value is -0.640. The van der Waals surface area contributed by atoms with Gasteiger partial charge in [0, 0.05) is 24.1 Å². The van der Waals surface area contributed by atoms with Crippen LogP contribution < -0.4 is 0 Å². The maximum Gasteiger partial charge on any atom is 0.302 e. The maximum atomic E-state index is 12.2. The van der Waals surface area contributed by atoms with E-state index in [-0.39, 0.29) is 17.5 Å². The zero-order chi connectivity index (χ0) is 23.4. The SMILES string of the molecule is CC(=O)O[C@H]1CCC2C3C(CC[C@@]21C)C1CCC(=O)C=C1C[C@@H]3CCCCCCCCCBr. The molecule has 0 radical (unpaired) electrons. The standard InChI is InChI=1S/C29H45BrO3/c1-20(31)33-27-14-13-26-28-21(10-8-6-4-3-5-7-9-17-30)18-22-19-23(32)11-12-24(22)25(28)15-16-29(26,27)2/h19,21,24-28H,3-18H2,1-2H3/t21-,24?,25?,26?,27-,28?,29-/m0/s1. The van der Waals surface area contributed by atoms with Gasteiger partial charge in [-0.05, 0) is 87.0 Å². The quantitative estimate of drug-likeness (QED) is 0.167. The molecule has 0 aromatic rings. The molecule has 33 heavy (non-hydrogen) atoms. The number of esters is 1.